The molecule has 0 atom stereocenters. The van der Waals surface area contributed by atoms with Crippen LogP contribution >= 0.6 is 0 Å². The van der Waals surface area contributed by atoms with Crippen molar-refractivity contribution in [3.8, 4) is 5.75 Å². The van der Waals surface area contributed by atoms with Gasteiger partial charge in [0.2, 0.25) is 0 Å². The van der Waals surface area contributed by atoms with Crippen molar-refractivity contribution in [3.63, 3.8) is 0 Å². The molecular formula is C15H22O4. The molecule has 106 valence electrons. The van der Waals surface area contributed by atoms with Gasteiger partial charge in [-0.3, -0.25) is 4.79 Å². The lowest BCUT2D eigenvalue weighted by Gasteiger charge is -2.10. The van der Waals surface area contributed by atoms with Crippen LogP contribution in [0.25, 0.3) is 0 Å². The Labute approximate surface area is 114 Å². The number of ether oxygens (including phenoxy) is 3. The summed E-state index contributed by atoms with van der Waals surface area (Å²) in [6.45, 7) is 6.00. The number of hydrogen-bond donors (Lipinski definition) is 0. The monoisotopic (exact) mass is 266 g/mol. The maximum atomic E-state index is 11.2. The van der Waals surface area contributed by atoms with Crippen LogP contribution in [0.1, 0.15) is 29.3 Å². The molecule has 0 aromatic heterocycles. The number of ketones is 1. The average molecular weight is 266 g/mol. The van der Waals surface area contributed by atoms with Crippen molar-refractivity contribution in [1.82, 2.24) is 0 Å². The van der Waals surface area contributed by atoms with Crippen LogP contribution in [0.5, 0.6) is 5.75 Å². The summed E-state index contributed by atoms with van der Waals surface area (Å²) in [6.07, 6.45) is 0.831. The molecule has 19 heavy (non-hydrogen) atoms. The number of methoxy groups -OCH3 is 1. The Balaban J connectivity index is 2.28. The molecule has 1 rings (SSSR count). The van der Waals surface area contributed by atoms with Crippen LogP contribution in [0, 0.1) is 6.92 Å². The minimum absolute atomic E-state index is 0.0705. The van der Waals surface area contributed by atoms with Crippen LogP contribution in [0.3, 0.4) is 0 Å². The number of carbonyl (C=O) groups is 1. The van der Waals surface area contributed by atoms with E-state index in [2.05, 4.69) is 0 Å². The molecule has 0 aliphatic heterocycles. The third kappa shape index (κ3) is 5.85. The van der Waals surface area contributed by atoms with Gasteiger partial charge in [-0.05, 0) is 37.6 Å². The van der Waals surface area contributed by atoms with Crippen molar-refractivity contribution in [3.05, 3.63) is 29.3 Å². The van der Waals surface area contributed by atoms with Crippen molar-refractivity contribution in [2.75, 3.05) is 33.5 Å². The lowest BCUT2D eigenvalue weighted by molar-refractivity contribution is 0.0644. The summed E-state index contributed by atoms with van der Waals surface area (Å²) >= 11 is 0. The molecule has 0 aliphatic carbocycles. The second kappa shape index (κ2) is 8.67. The lowest BCUT2D eigenvalue weighted by atomic mass is 10.1. The molecule has 0 saturated heterocycles. The summed E-state index contributed by atoms with van der Waals surface area (Å²) in [5, 5.41) is 0. The maximum Gasteiger partial charge on any atom is 0.159 e. The van der Waals surface area contributed by atoms with E-state index < -0.39 is 0 Å². The van der Waals surface area contributed by atoms with E-state index in [0.29, 0.717) is 32.0 Å². The highest BCUT2D eigenvalue weighted by Gasteiger charge is 2.04. The largest absolute Gasteiger partial charge is 0.493 e. The molecule has 1 aromatic rings. The number of benzene rings is 1. The quantitative estimate of drug-likeness (QED) is 0.509. The van der Waals surface area contributed by atoms with Crippen molar-refractivity contribution < 1.29 is 19.0 Å². The molecule has 0 N–H and O–H groups in total. The Morgan fingerprint density at radius 2 is 1.95 bits per heavy atom. The van der Waals surface area contributed by atoms with Gasteiger partial charge < -0.3 is 14.2 Å². The molecule has 4 nitrogen and oxygen atoms in total. The zero-order valence-corrected chi connectivity index (χ0v) is 11.9. The van der Waals surface area contributed by atoms with E-state index in [1.807, 2.05) is 19.1 Å². The number of carbonyl (C=O) groups excluding carboxylic acids is 1. The molecule has 0 radical (unpaired) electrons. The molecule has 0 amide bonds. The number of Topliss-reactive ketones (excluding diaryl/α,β-unsaturated/α-hetero) is 1. The first-order valence-electron chi connectivity index (χ1n) is 6.46. The summed E-state index contributed by atoms with van der Waals surface area (Å²) in [5.41, 5.74) is 1.70. The van der Waals surface area contributed by atoms with Crippen molar-refractivity contribution in [1.29, 1.82) is 0 Å². The standard InChI is InChI=1S/C15H22O4/c1-12-11-14(13(2)16)5-6-15(12)19-8-4-7-18-10-9-17-3/h5-6,11H,4,7-10H2,1-3H3. The van der Waals surface area contributed by atoms with Gasteiger partial charge in [-0.25, -0.2) is 0 Å². The summed E-state index contributed by atoms with van der Waals surface area (Å²) in [4.78, 5) is 11.2. The number of hydrogen-bond acceptors (Lipinski definition) is 4. The van der Waals surface area contributed by atoms with Gasteiger partial charge in [0.05, 0.1) is 19.8 Å². The van der Waals surface area contributed by atoms with E-state index in [4.69, 9.17) is 14.2 Å². The molecule has 4 heteroatoms. The van der Waals surface area contributed by atoms with Gasteiger partial charge in [0.25, 0.3) is 0 Å². The van der Waals surface area contributed by atoms with Crippen molar-refractivity contribution in [2.24, 2.45) is 0 Å². The first kappa shape index (κ1) is 15.7. The summed E-state index contributed by atoms with van der Waals surface area (Å²) in [6, 6.07) is 5.49. The van der Waals surface area contributed by atoms with Gasteiger partial charge in [-0.2, -0.15) is 0 Å². The van der Waals surface area contributed by atoms with Crippen LogP contribution in [0.4, 0.5) is 0 Å². The van der Waals surface area contributed by atoms with Gasteiger partial charge in [0.15, 0.2) is 5.78 Å². The zero-order valence-electron chi connectivity index (χ0n) is 11.9. The first-order chi connectivity index (χ1) is 9.15. The molecule has 1 aromatic carbocycles. The van der Waals surface area contributed by atoms with Gasteiger partial charge in [0.1, 0.15) is 5.75 Å². The summed E-state index contributed by atoms with van der Waals surface area (Å²) < 4.78 is 15.9. The first-order valence-corrected chi connectivity index (χ1v) is 6.46. The number of aryl methyl sites for hydroxylation is 1. The maximum absolute atomic E-state index is 11.2. The van der Waals surface area contributed by atoms with E-state index >= 15 is 0 Å². The van der Waals surface area contributed by atoms with Crippen LogP contribution < -0.4 is 4.74 Å². The fourth-order valence-electron chi connectivity index (χ4n) is 1.62. The smallest absolute Gasteiger partial charge is 0.159 e. The highest BCUT2D eigenvalue weighted by Crippen LogP contribution is 2.19. The minimum atomic E-state index is 0.0705. The SMILES string of the molecule is COCCOCCCOc1ccc(C(C)=O)cc1C. The molecule has 0 fully saturated rings. The second-order valence-corrected chi connectivity index (χ2v) is 4.34. The molecule has 0 spiro atoms. The fraction of sp³-hybridized carbons (Fsp3) is 0.533. The molecular weight excluding hydrogens is 244 g/mol. The summed E-state index contributed by atoms with van der Waals surface area (Å²) in [5.74, 6) is 0.892. The van der Waals surface area contributed by atoms with E-state index in [1.165, 1.54) is 0 Å². The summed E-state index contributed by atoms with van der Waals surface area (Å²) in [7, 11) is 1.65. The van der Waals surface area contributed by atoms with Gasteiger partial charge in [-0.15, -0.1) is 0 Å². The van der Waals surface area contributed by atoms with Gasteiger partial charge in [-0.1, -0.05) is 0 Å². The van der Waals surface area contributed by atoms with E-state index in [0.717, 1.165) is 17.7 Å². The molecule has 0 saturated carbocycles. The third-order valence-electron chi connectivity index (χ3n) is 2.70. The predicted molar refractivity (Wildman–Crippen MR) is 74.0 cm³/mol. The predicted octanol–water partition coefficient (Wildman–Crippen LogP) is 2.63. The van der Waals surface area contributed by atoms with Gasteiger partial charge >= 0.3 is 0 Å². The van der Waals surface area contributed by atoms with Gasteiger partial charge in [0, 0.05) is 25.7 Å². The number of rotatable bonds is 9. The molecule has 0 unspecified atom stereocenters. The Kier molecular flexibility index (Phi) is 7.15. The van der Waals surface area contributed by atoms with Crippen molar-refractivity contribution >= 4 is 5.78 Å². The van der Waals surface area contributed by atoms with Crippen LogP contribution in [-0.4, -0.2) is 39.3 Å². The second-order valence-electron chi connectivity index (χ2n) is 4.34. The average Bonchev–Trinajstić information content (AvgIpc) is 2.39. The Bertz CT molecular complexity index is 401. The van der Waals surface area contributed by atoms with Crippen LogP contribution in [0.2, 0.25) is 0 Å². The highest BCUT2D eigenvalue weighted by atomic mass is 16.5. The highest BCUT2D eigenvalue weighted by molar-refractivity contribution is 5.94. The van der Waals surface area contributed by atoms with E-state index in [-0.39, 0.29) is 5.78 Å². The van der Waals surface area contributed by atoms with Crippen molar-refractivity contribution in [2.45, 2.75) is 20.3 Å². The molecule has 0 heterocycles. The fourth-order valence-corrected chi connectivity index (χ4v) is 1.62. The van der Waals surface area contributed by atoms with E-state index in [9.17, 15) is 4.79 Å². The molecule has 0 aliphatic rings. The molecule has 0 bridgehead atoms. The normalized spacial score (nSPS) is 10.5. The lowest BCUT2D eigenvalue weighted by Crippen LogP contribution is -2.07. The van der Waals surface area contributed by atoms with E-state index in [1.54, 1.807) is 20.1 Å². The topological polar surface area (TPSA) is 44.8 Å². The minimum Gasteiger partial charge on any atom is -0.493 e. The Hall–Kier alpha value is -1.39. The Morgan fingerprint density at radius 3 is 2.58 bits per heavy atom. The third-order valence-corrected chi connectivity index (χ3v) is 2.70. The Morgan fingerprint density at radius 1 is 1.16 bits per heavy atom. The van der Waals surface area contributed by atoms with Crippen LogP contribution in [0.15, 0.2) is 18.2 Å². The zero-order chi connectivity index (χ0) is 14.1. The van der Waals surface area contributed by atoms with Crippen LogP contribution in [-0.2, 0) is 9.47 Å².